The van der Waals surface area contributed by atoms with E-state index in [1.54, 1.807) is 7.11 Å². The van der Waals surface area contributed by atoms with E-state index in [0.717, 1.165) is 43.7 Å². The van der Waals surface area contributed by atoms with E-state index < -0.39 is 0 Å². The maximum Gasteiger partial charge on any atom is 0.244 e. The zero-order chi connectivity index (χ0) is 15.2. The van der Waals surface area contributed by atoms with Crippen LogP contribution < -0.4 is 5.32 Å². The maximum atomic E-state index is 13.0. The Morgan fingerprint density at radius 3 is 2.82 bits per heavy atom. The van der Waals surface area contributed by atoms with Crippen molar-refractivity contribution in [2.24, 2.45) is 5.92 Å². The lowest BCUT2D eigenvalue weighted by molar-refractivity contribution is -0.133. The quantitative estimate of drug-likeness (QED) is 0.908. The highest BCUT2D eigenvalue weighted by Crippen LogP contribution is 2.43. The summed E-state index contributed by atoms with van der Waals surface area (Å²) in [6.45, 7) is 1.33. The molecule has 1 saturated heterocycles. The number of methoxy groups -OCH3 is 1. The fourth-order valence-corrected chi connectivity index (χ4v) is 3.88. The first kappa shape index (κ1) is 14.3. The van der Waals surface area contributed by atoms with Gasteiger partial charge in [-0.2, -0.15) is 0 Å². The molecule has 2 saturated carbocycles. The van der Waals surface area contributed by atoms with Gasteiger partial charge in [-0.25, -0.2) is 0 Å². The summed E-state index contributed by atoms with van der Waals surface area (Å²) in [5.74, 6) is 2.61. The normalized spacial score (nSPS) is 27.2. The van der Waals surface area contributed by atoms with Crippen LogP contribution in [0.15, 0.2) is 16.5 Å². The molecule has 120 valence electrons. The molecule has 5 heteroatoms. The Kier molecular flexibility index (Phi) is 3.50. The number of nitrogens with one attached hydrogen (secondary N) is 1. The van der Waals surface area contributed by atoms with Crippen LogP contribution in [0.1, 0.15) is 56.2 Å². The molecule has 1 N–H and O–H groups in total. The van der Waals surface area contributed by atoms with Crippen LogP contribution in [0.4, 0.5) is 0 Å². The van der Waals surface area contributed by atoms with Crippen molar-refractivity contribution in [3.63, 3.8) is 0 Å². The summed E-state index contributed by atoms with van der Waals surface area (Å²) in [7, 11) is 1.66. The first-order chi connectivity index (χ1) is 10.7. The van der Waals surface area contributed by atoms with Gasteiger partial charge < -0.3 is 14.1 Å². The van der Waals surface area contributed by atoms with Crippen molar-refractivity contribution in [2.45, 2.75) is 56.8 Å². The van der Waals surface area contributed by atoms with Crippen LogP contribution in [0, 0.1) is 5.92 Å². The van der Waals surface area contributed by atoms with Crippen LogP contribution in [0.3, 0.4) is 0 Å². The molecule has 1 amide bonds. The molecule has 1 aliphatic heterocycles. The van der Waals surface area contributed by atoms with Gasteiger partial charge in [0, 0.05) is 13.7 Å². The monoisotopic (exact) mass is 304 g/mol. The Labute approximate surface area is 131 Å². The van der Waals surface area contributed by atoms with Crippen molar-refractivity contribution in [1.29, 1.82) is 0 Å². The first-order valence-corrected chi connectivity index (χ1v) is 8.38. The summed E-state index contributed by atoms with van der Waals surface area (Å²) >= 11 is 0. The highest BCUT2D eigenvalue weighted by Gasteiger charge is 2.54. The van der Waals surface area contributed by atoms with Crippen molar-refractivity contribution < 1.29 is 13.9 Å². The number of hydrogen-bond donors (Lipinski definition) is 1. The minimum atomic E-state index is -0.340. The molecular weight excluding hydrogens is 280 g/mol. The fraction of sp³-hybridized carbons (Fsp3) is 0.706. The number of rotatable bonds is 5. The Hall–Kier alpha value is -1.33. The average molecular weight is 304 g/mol. The van der Waals surface area contributed by atoms with Gasteiger partial charge in [-0.3, -0.25) is 10.1 Å². The Balaban J connectivity index is 1.60. The van der Waals surface area contributed by atoms with Crippen LogP contribution in [0.25, 0.3) is 0 Å². The smallest absolute Gasteiger partial charge is 0.244 e. The van der Waals surface area contributed by atoms with Gasteiger partial charge in [0.25, 0.3) is 0 Å². The van der Waals surface area contributed by atoms with E-state index in [1.165, 1.54) is 12.8 Å². The molecular formula is C17H24N2O3. The van der Waals surface area contributed by atoms with Crippen molar-refractivity contribution in [1.82, 2.24) is 10.2 Å². The van der Waals surface area contributed by atoms with Gasteiger partial charge in [0.2, 0.25) is 5.91 Å². The first-order valence-electron chi connectivity index (χ1n) is 8.38. The van der Waals surface area contributed by atoms with Gasteiger partial charge in [-0.15, -0.1) is 0 Å². The third-order valence-corrected chi connectivity index (χ3v) is 5.24. The lowest BCUT2D eigenvalue weighted by atomic mass is 9.98. The summed E-state index contributed by atoms with van der Waals surface area (Å²) in [5, 5.41) is 3.61. The molecule has 3 aliphatic rings. The van der Waals surface area contributed by atoms with Gasteiger partial charge in [-0.05, 0) is 43.7 Å². The number of furan rings is 1. The highest BCUT2D eigenvalue weighted by atomic mass is 16.5. The van der Waals surface area contributed by atoms with Gasteiger partial charge in [-0.1, -0.05) is 12.8 Å². The third-order valence-electron chi connectivity index (χ3n) is 5.24. The number of nitrogens with zero attached hydrogens (tertiary/aromatic N) is 1. The third kappa shape index (κ3) is 2.36. The topological polar surface area (TPSA) is 54.7 Å². The number of hydrogen-bond acceptors (Lipinski definition) is 4. The van der Waals surface area contributed by atoms with E-state index in [0.29, 0.717) is 12.5 Å². The fourth-order valence-electron chi connectivity index (χ4n) is 3.88. The average Bonchev–Trinajstić information content (AvgIpc) is 2.93. The van der Waals surface area contributed by atoms with Crippen LogP contribution in [0.2, 0.25) is 0 Å². The molecule has 1 spiro atoms. The van der Waals surface area contributed by atoms with E-state index in [1.807, 2.05) is 17.0 Å². The summed E-state index contributed by atoms with van der Waals surface area (Å²) in [5.41, 5.74) is -0.340. The minimum Gasteiger partial charge on any atom is -0.460 e. The largest absolute Gasteiger partial charge is 0.460 e. The van der Waals surface area contributed by atoms with E-state index in [-0.39, 0.29) is 17.6 Å². The van der Waals surface area contributed by atoms with Crippen molar-refractivity contribution in [3.8, 4) is 0 Å². The van der Waals surface area contributed by atoms with Crippen LogP contribution in [-0.2, 0) is 16.1 Å². The molecule has 4 rings (SSSR count). The van der Waals surface area contributed by atoms with E-state index in [9.17, 15) is 4.79 Å². The minimum absolute atomic E-state index is 0.114. The van der Waals surface area contributed by atoms with Crippen LogP contribution >= 0.6 is 0 Å². The Bertz CT molecular complexity index is 558. The second kappa shape index (κ2) is 5.39. The molecule has 5 nitrogen and oxygen atoms in total. The SMILES string of the molecule is COCc1ccc([C@@H]2NC3(CCCC3)C(=O)N2CC2CC2)o1. The second-order valence-electron chi connectivity index (χ2n) is 6.97. The highest BCUT2D eigenvalue weighted by molar-refractivity contribution is 5.89. The predicted octanol–water partition coefficient (Wildman–Crippen LogP) is 2.58. The number of carbonyl (C=O) groups is 1. The summed E-state index contributed by atoms with van der Waals surface area (Å²) in [6, 6.07) is 3.92. The van der Waals surface area contributed by atoms with Crippen LogP contribution in [0.5, 0.6) is 0 Å². The molecule has 1 aromatic heterocycles. The Morgan fingerprint density at radius 1 is 1.36 bits per heavy atom. The zero-order valence-electron chi connectivity index (χ0n) is 13.1. The molecule has 2 aliphatic carbocycles. The molecule has 22 heavy (non-hydrogen) atoms. The van der Waals surface area contributed by atoms with E-state index in [2.05, 4.69) is 5.32 Å². The molecule has 0 bridgehead atoms. The summed E-state index contributed by atoms with van der Waals surface area (Å²) < 4.78 is 11.0. The van der Waals surface area contributed by atoms with Crippen LogP contribution in [-0.4, -0.2) is 30.0 Å². The van der Waals surface area contributed by atoms with Gasteiger partial charge in [0.15, 0.2) is 0 Å². The van der Waals surface area contributed by atoms with Gasteiger partial charge in [0.1, 0.15) is 24.3 Å². The van der Waals surface area contributed by atoms with Crippen molar-refractivity contribution in [2.75, 3.05) is 13.7 Å². The van der Waals surface area contributed by atoms with Crippen molar-refractivity contribution >= 4 is 5.91 Å². The predicted molar refractivity (Wildman–Crippen MR) is 80.9 cm³/mol. The Morgan fingerprint density at radius 2 is 2.14 bits per heavy atom. The van der Waals surface area contributed by atoms with E-state index >= 15 is 0 Å². The molecule has 0 aromatic carbocycles. The summed E-state index contributed by atoms with van der Waals surface area (Å²) in [6.07, 6.45) is 6.56. The lowest BCUT2D eigenvalue weighted by Gasteiger charge is -2.22. The molecule has 0 radical (unpaired) electrons. The maximum absolute atomic E-state index is 13.0. The molecule has 2 heterocycles. The van der Waals surface area contributed by atoms with Gasteiger partial charge in [0.05, 0.1) is 5.54 Å². The lowest BCUT2D eigenvalue weighted by Crippen LogP contribution is -2.44. The number of carbonyl (C=O) groups excluding carboxylic acids is 1. The second-order valence-corrected chi connectivity index (χ2v) is 6.97. The molecule has 0 unspecified atom stereocenters. The molecule has 1 aromatic rings. The standard InChI is InChI=1S/C17H24N2O3/c1-21-11-13-6-7-14(22-13)15-18-17(8-2-3-9-17)16(20)19(15)10-12-4-5-12/h6-7,12,15,18H,2-5,8-11H2,1H3/t15-/m1/s1. The van der Waals surface area contributed by atoms with E-state index in [4.69, 9.17) is 9.15 Å². The van der Waals surface area contributed by atoms with Gasteiger partial charge >= 0.3 is 0 Å². The van der Waals surface area contributed by atoms with Crippen molar-refractivity contribution in [3.05, 3.63) is 23.7 Å². The summed E-state index contributed by atoms with van der Waals surface area (Å²) in [4.78, 5) is 15.0. The number of amides is 1. The molecule has 1 atom stereocenters. The molecule has 3 fully saturated rings. The zero-order valence-corrected chi connectivity index (χ0v) is 13.1. The number of ether oxygens (including phenoxy) is 1.